The first-order valence-electron chi connectivity index (χ1n) is 9.43. The third-order valence-electron chi connectivity index (χ3n) is 5.20. The molecule has 2 heterocycles. The molecule has 5 aromatic rings. The van der Waals surface area contributed by atoms with Crippen molar-refractivity contribution in [2.75, 3.05) is 19.0 Å². The quantitative estimate of drug-likeness (QED) is 0.305. The lowest BCUT2D eigenvalue weighted by atomic mass is 9.94. The Kier molecular flexibility index (Phi) is 4.42. The molecule has 0 bridgehead atoms. The highest BCUT2D eigenvalue weighted by molar-refractivity contribution is 7.20. The fourth-order valence-corrected chi connectivity index (χ4v) is 6.22. The molecule has 0 saturated carbocycles. The van der Waals surface area contributed by atoms with Crippen molar-refractivity contribution < 1.29 is 0 Å². The topological polar surface area (TPSA) is 3.24 Å². The molecule has 0 atom stereocenters. The lowest BCUT2D eigenvalue weighted by molar-refractivity contribution is 1.03. The van der Waals surface area contributed by atoms with Gasteiger partial charge in [0, 0.05) is 38.9 Å². The largest absolute Gasteiger partial charge is 0.378 e. The van der Waals surface area contributed by atoms with Crippen molar-refractivity contribution in [1.82, 2.24) is 0 Å². The van der Waals surface area contributed by atoms with Gasteiger partial charge in [-0.25, -0.2) is 0 Å². The Morgan fingerprint density at radius 3 is 1.61 bits per heavy atom. The molecule has 0 fully saturated rings. The summed E-state index contributed by atoms with van der Waals surface area (Å²) in [6, 6.07) is 31.1. The zero-order valence-electron chi connectivity index (χ0n) is 15.9. The second-order valence-electron chi connectivity index (χ2n) is 7.29. The zero-order valence-corrected chi connectivity index (χ0v) is 17.6. The predicted molar refractivity (Wildman–Crippen MR) is 125 cm³/mol. The van der Waals surface area contributed by atoms with Crippen LogP contribution < -0.4 is 4.90 Å². The first kappa shape index (κ1) is 17.5. The summed E-state index contributed by atoms with van der Waals surface area (Å²) in [7, 11) is 4.18. The van der Waals surface area contributed by atoms with Gasteiger partial charge >= 0.3 is 0 Å². The molecule has 0 aliphatic rings. The number of hydrogen-bond acceptors (Lipinski definition) is 3. The van der Waals surface area contributed by atoms with E-state index in [2.05, 4.69) is 104 Å². The van der Waals surface area contributed by atoms with Crippen LogP contribution in [0.1, 0.15) is 21.2 Å². The van der Waals surface area contributed by atoms with Crippen LogP contribution in [0.15, 0.2) is 84.9 Å². The third kappa shape index (κ3) is 3.11. The van der Waals surface area contributed by atoms with Gasteiger partial charge in [-0.15, -0.1) is 22.7 Å². The molecule has 0 aliphatic heterocycles. The summed E-state index contributed by atoms with van der Waals surface area (Å²) in [5.74, 6) is 0.269. The van der Waals surface area contributed by atoms with Crippen LogP contribution in [0.5, 0.6) is 0 Å². The molecule has 0 radical (unpaired) electrons. The molecule has 0 amide bonds. The standard InChI is InChI=1S/C25H21NS2/c1-26(2)20-13-11-17(12-14-20)25(23-15-18-7-3-5-9-21(18)27-23)24-16-19-8-4-6-10-22(19)28-24/h3-16,25H,1-2H3. The Balaban J connectivity index is 1.68. The van der Waals surface area contributed by atoms with Crippen molar-refractivity contribution in [1.29, 1.82) is 0 Å². The molecular weight excluding hydrogens is 378 g/mol. The van der Waals surface area contributed by atoms with E-state index in [9.17, 15) is 0 Å². The van der Waals surface area contributed by atoms with Gasteiger partial charge in [-0.3, -0.25) is 0 Å². The third-order valence-corrected chi connectivity index (χ3v) is 7.56. The van der Waals surface area contributed by atoms with Crippen molar-refractivity contribution in [2.24, 2.45) is 0 Å². The molecule has 0 N–H and O–H groups in total. The molecule has 28 heavy (non-hydrogen) atoms. The molecule has 0 aliphatic carbocycles. The van der Waals surface area contributed by atoms with Crippen LogP contribution >= 0.6 is 22.7 Å². The highest BCUT2D eigenvalue weighted by Gasteiger charge is 2.21. The Hall–Kier alpha value is -2.62. The van der Waals surface area contributed by atoms with Crippen LogP contribution in [0, 0.1) is 0 Å². The number of hydrogen-bond donors (Lipinski definition) is 0. The van der Waals surface area contributed by atoms with E-state index < -0.39 is 0 Å². The Labute approximate surface area is 173 Å². The smallest absolute Gasteiger partial charge is 0.0528 e. The predicted octanol–water partition coefficient (Wildman–Crippen LogP) is 7.36. The highest BCUT2D eigenvalue weighted by Crippen LogP contribution is 2.43. The first-order valence-corrected chi connectivity index (χ1v) is 11.1. The number of fused-ring (bicyclic) bond motifs is 2. The summed E-state index contributed by atoms with van der Waals surface area (Å²) >= 11 is 3.82. The number of benzene rings is 3. The summed E-state index contributed by atoms with van der Waals surface area (Å²) in [5, 5.41) is 2.66. The van der Waals surface area contributed by atoms with Crippen LogP contribution in [-0.2, 0) is 0 Å². The van der Waals surface area contributed by atoms with Crippen molar-refractivity contribution in [3.8, 4) is 0 Å². The van der Waals surface area contributed by atoms with Crippen LogP contribution in [0.2, 0.25) is 0 Å². The minimum absolute atomic E-state index is 0.269. The molecule has 3 aromatic carbocycles. The maximum absolute atomic E-state index is 2.37. The second-order valence-corrected chi connectivity index (χ2v) is 9.52. The molecule has 138 valence electrons. The molecule has 3 heteroatoms. The van der Waals surface area contributed by atoms with Gasteiger partial charge in [-0.1, -0.05) is 48.5 Å². The molecule has 5 rings (SSSR count). The van der Waals surface area contributed by atoms with E-state index in [0.29, 0.717) is 0 Å². The first-order chi connectivity index (χ1) is 13.7. The van der Waals surface area contributed by atoms with Crippen molar-refractivity contribution in [3.63, 3.8) is 0 Å². The SMILES string of the molecule is CN(C)c1ccc(C(c2cc3ccccc3s2)c2cc3ccccc3s2)cc1. The van der Waals surface area contributed by atoms with Crippen LogP contribution in [-0.4, -0.2) is 14.1 Å². The molecule has 0 spiro atoms. The molecule has 2 aromatic heterocycles. The lowest BCUT2D eigenvalue weighted by Gasteiger charge is -2.17. The fourth-order valence-electron chi connectivity index (χ4n) is 3.72. The van der Waals surface area contributed by atoms with Gasteiger partial charge in [0.25, 0.3) is 0 Å². The number of rotatable bonds is 4. The fraction of sp³-hybridized carbons (Fsp3) is 0.120. The van der Waals surface area contributed by atoms with Gasteiger partial charge in [0.1, 0.15) is 0 Å². The van der Waals surface area contributed by atoms with Crippen LogP contribution in [0.3, 0.4) is 0 Å². The van der Waals surface area contributed by atoms with E-state index in [1.54, 1.807) is 0 Å². The van der Waals surface area contributed by atoms with Gasteiger partial charge < -0.3 is 4.90 Å². The normalized spacial score (nSPS) is 11.5. The van der Waals surface area contributed by atoms with Gasteiger partial charge in [-0.05, 0) is 52.7 Å². The molecule has 1 nitrogen and oxygen atoms in total. The lowest BCUT2D eigenvalue weighted by Crippen LogP contribution is -2.08. The maximum atomic E-state index is 2.37. The number of thiophene rings is 2. The average Bonchev–Trinajstić information content (AvgIpc) is 3.32. The van der Waals surface area contributed by atoms with E-state index in [1.807, 2.05) is 22.7 Å². The summed E-state index contributed by atoms with van der Waals surface area (Å²) in [4.78, 5) is 4.97. The average molecular weight is 400 g/mol. The van der Waals surface area contributed by atoms with E-state index in [1.165, 1.54) is 41.2 Å². The molecular formula is C25H21NS2. The van der Waals surface area contributed by atoms with E-state index in [-0.39, 0.29) is 5.92 Å². The van der Waals surface area contributed by atoms with E-state index in [0.717, 1.165) is 0 Å². The maximum Gasteiger partial charge on any atom is 0.0528 e. The van der Waals surface area contributed by atoms with E-state index >= 15 is 0 Å². The Morgan fingerprint density at radius 2 is 1.14 bits per heavy atom. The Morgan fingerprint density at radius 1 is 0.643 bits per heavy atom. The molecule has 0 unspecified atom stereocenters. The number of anilines is 1. The summed E-state index contributed by atoms with van der Waals surface area (Å²) in [6.07, 6.45) is 0. The van der Waals surface area contributed by atoms with Crippen LogP contribution in [0.25, 0.3) is 20.2 Å². The Bertz CT molecular complexity index is 1100. The summed E-state index contributed by atoms with van der Waals surface area (Å²) < 4.78 is 2.71. The zero-order chi connectivity index (χ0) is 19.1. The van der Waals surface area contributed by atoms with Gasteiger partial charge in [0.2, 0.25) is 0 Å². The van der Waals surface area contributed by atoms with Crippen molar-refractivity contribution in [3.05, 3.63) is 100 Å². The minimum atomic E-state index is 0.269. The monoisotopic (exact) mass is 399 g/mol. The van der Waals surface area contributed by atoms with Gasteiger partial charge in [0.05, 0.1) is 5.92 Å². The van der Waals surface area contributed by atoms with Crippen LogP contribution in [0.4, 0.5) is 5.69 Å². The van der Waals surface area contributed by atoms with Crippen molar-refractivity contribution in [2.45, 2.75) is 5.92 Å². The summed E-state index contributed by atoms with van der Waals surface area (Å²) in [6.45, 7) is 0. The van der Waals surface area contributed by atoms with E-state index in [4.69, 9.17) is 0 Å². The minimum Gasteiger partial charge on any atom is -0.378 e. The highest BCUT2D eigenvalue weighted by atomic mass is 32.1. The molecule has 0 saturated heterocycles. The van der Waals surface area contributed by atoms with Gasteiger partial charge in [-0.2, -0.15) is 0 Å². The van der Waals surface area contributed by atoms with Crippen molar-refractivity contribution >= 4 is 48.5 Å². The summed E-state index contributed by atoms with van der Waals surface area (Å²) in [5.41, 5.74) is 2.58. The number of nitrogens with zero attached hydrogens (tertiary/aromatic N) is 1. The second kappa shape index (κ2) is 7.08. The van der Waals surface area contributed by atoms with Gasteiger partial charge in [0.15, 0.2) is 0 Å².